The molecule has 0 spiro atoms. The summed E-state index contributed by atoms with van der Waals surface area (Å²) in [5.41, 5.74) is 2.81. The molecular weight excluding hydrogens is 364 g/mol. The van der Waals surface area contributed by atoms with Crippen LogP contribution in [0.1, 0.15) is 40.4 Å². The number of aliphatic carboxylic acids is 1. The maximum Gasteiger partial charge on any atom is 0.305 e. The fourth-order valence-corrected chi connectivity index (χ4v) is 3.44. The highest BCUT2D eigenvalue weighted by molar-refractivity contribution is 7.98. The fraction of sp³-hybridized carbons (Fsp3) is 0.250. The van der Waals surface area contributed by atoms with Crippen molar-refractivity contribution in [2.45, 2.75) is 30.2 Å². The van der Waals surface area contributed by atoms with Crippen molar-refractivity contribution < 1.29 is 19.5 Å². The monoisotopic (exact) mass is 384 g/mol. The predicted octanol–water partition coefficient (Wildman–Crippen LogP) is 3.24. The molecule has 2 aromatic carbocycles. The SMILES string of the molecule is CSc1ccc(C(CC(=O)O)NC(=O)c2ccc3c(c2)CCC(=O)N3)cc1. The van der Waals surface area contributed by atoms with E-state index in [-0.39, 0.29) is 18.2 Å². The molecule has 0 aliphatic carbocycles. The van der Waals surface area contributed by atoms with Gasteiger partial charge in [-0.15, -0.1) is 11.8 Å². The van der Waals surface area contributed by atoms with Crippen LogP contribution in [0.2, 0.25) is 0 Å². The van der Waals surface area contributed by atoms with Gasteiger partial charge in [0.15, 0.2) is 0 Å². The fourth-order valence-electron chi connectivity index (χ4n) is 3.03. The van der Waals surface area contributed by atoms with Crippen LogP contribution < -0.4 is 10.6 Å². The van der Waals surface area contributed by atoms with Gasteiger partial charge >= 0.3 is 5.97 Å². The van der Waals surface area contributed by atoms with Crippen molar-refractivity contribution >= 4 is 35.2 Å². The Balaban J connectivity index is 1.79. The first-order chi connectivity index (χ1) is 13.0. The molecule has 0 aromatic heterocycles. The van der Waals surface area contributed by atoms with Gasteiger partial charge in [0.05, 0.1) is 12.5 Å². The molecule has 6 nitrogen and oxygen atoms in total. The molecule has 3 N–H and O–H groups in total. The highest BCUT2D eigenvalue weighted by atomic mass is 32.2. The van der Waals surface area contributed by atoms with Crippen molar-refractivity contribution in [1.29, 1.82) is 0 Å². The summed E-state index contributed by atoms with van der Waals surface area (Å²) in [6.45, 7) is 0. The van der Waals surface area contributed by atoms with Gasteiger partial charge in [0.1, 0.15) is 0 Å². The summed E-state index contributed by atoms with van der Waals surface area (Å²) in [5.74, 6) is -1.35. The number of carboxylic acid groups (broad SMARTS) is 1. The Hall–Kier alpha value is -2.80. The van der Waals surface area contributed by atoms with E-state index in [0.29, 0.717) is 18.4 Å². The summed E-state index contributed by atoms with van der Waals surface area (Å²) in [7, 11) is 0. The molecule has 0 saturated heterocycles. The van der Waals surface area contributed by atoms with Gasteiger partial charge in [-0.25, -0.2) is 0 Å². The Morgan fingerprint density at radius 2 is 1.93 bits per heavy atom. The smallest absolute Gasteiger partial charge is 0.305 e. The minimum absolute atomic E-state index is 0.0325. The van der Waals surface area contributed by atoms with Gasteiger partial charge in [-0.3, -0.25) is 14.4 Å². The number of nitrogens with one attached hydrogen (secondary N) is 2. The molecule has 1 aliphatic rings. The number of thioether (sulfide) groups is 1. The van der Waals surface area contributed by atoms with Crippen molar-refractivity contribution in [2.24, 2.45) is 0 Å². The lowest BCUT2D eigenvalue weighted by Crippen LogP contribution is -2.30. The molecule has 3 rings (SSSR count). The number of hydrogen-bond acceptors (Lipinski definition) is 4. The summed E-state index contributed by atoms with van der Waals surface area (Å²) in [4.78, 5) is 36.5. The summed E-state index contributed by atoms with van der Waals surface area (Å²) < 4.78 is 0. The van der Waals surface area contributed by atoms with E-state index in [4.69, 9.17) is 0 Å². The van der Waals surface area contributed by atoms with E-state index in [2.05, 4.69) is 10.6 Å². The van der Waals surface area contributed by atoms with Crippen LogP contribution in [0.5, 0.6) is 0 Å². The zero-order valence-electron chi connectivity index (χ0n) is 14.8. The molecular formula is C20H20N2O4S. The lowest BCUT2D eigenvalue weighted by Gasteiger charge is -2.20. The first-order valence-corrected chi connectivity index (χ1v) is 9.78. The highest BCUT2D eigenvalue weighted by Crippen LogP contribution is 2.25. The summed E-state index contributed by atoms with van der Waals surface area (Å²) in [5, 5.41) is 14.8. The van der Waals surface area contributed by atoms with Crippen LogP contribution in [0, 0.1) is 0 Å². The number of anilines is 1. The van der Waals surface area contributed by atoms with Crippen molar-refractivity contribution in [1.82, 2.24) is 5.32 Å². The number of carbonyl (C=O) groups is 3. The maximum absolute atomic E-state index is 12.7. The van der Waals surface area contributed by atoms with Gasteiger partial charge in [-0.1, -0.05) is 12.1 Å². The number of fused-ring (bicyclic) bond motifs is 1. The molecule has 0 radical (unpaired) electrons. The lowest BCUT2D eigenvalue weighted by atomic mass is 9.99. The third-order valence-corrected chi connectivity index (χ3v) is 5.21. The quantitative estimate of drug-likeness (QED) is 0.665. The van der Waals surface area contributed by atoms with Crippen LogP contribution in [-0.4, -0.2) is 29.1 Å². The molecule has 0 fully saturated rings. The van der Waals surface area contributed by atoms with Gasteiger partial charge in [0.25, 0.3) is 5.91 Å². The summed E-state index contributed by atoms with van der Waals surface area (Å²) >= 11 is 1.59. The zero-order valence-corrected chi connectivity index (χ0v) is 15.6. The van der Waals surface area contributed by atoms with Gasteiger partial charge in [0, 0.05) is 22.6 Å². The third-order valence-electron chi connectivity index (χ3n) is 4.47. The normalized spacial score (nSPS) is 14.0. The number of rotatable bonds is 6. The molecule has 2 amide bonds. The Kier molecular flexibility index (Phi) is 5.81. The number of amides is 2. The Bertz CT molecular complexity index is 880. The zero-order chi connectivity index (χ0) is 19.4. The van der Waals surface area contributed by atoms with Crippen molar-refractivity contribution in [3.63, 3.8) is 0 Å². The summed E-state index contributed by atoms with van der Waals surface area (Å²) in [6, 6.07) is 11.9. The van der Waals surface area contributed by atoms with Crippen molar-refractivity contribution in [3.05, 3.63) is 59.2 Å². The number of carbonyl (C=O) groups excluding carboxylic acids is 2. The van der Waals surface area contributed by atoms with Crippen molar-refractivity contribution in [3.8, 4) is 0 Å². The number of hydrogen-bond donors (Lipinski definition) is 3. The molecule has 7 heteroatoms. The maximum atomic E-state index is 12.7. The van der Waals surface area contributed by atoms with Crippen LogP contribution >= 0.6 is 11.8 Å². The molecule has 0 saturated carbocycles. The largest absolute Gasteiger partial charge is 0.481 e. The Morgan fingerprint density at radius 1 is 1.19 bits per heavy atom. The molecule has 0 bridgehead atoms. The number of aryl methyl sites for hydroxylation is 1. The van der Waals surface area contributed by atoms with Gasteiger partial charge in [-0.05, 0) is 54.1 Å². The molecule has 1 aliphatic heterocycles. The lowest BCUT2D eigenvalue weighted by molar-refractivity contribution is -0.137. The second kappa shape index (κ2) is 8.26. The van der Waals surface area contributed by atoms with Crippen molar-refractivity contribution in [2.75, 3.05) is 11.6 Å². The van der Waals surface area contributed by atoms with Crippen LogP contribution in [0.25, 0.3) is 0 Å². The van der Waals surface area contributed by atoms with Crippen LogP contribution in [0.4, 0.5) is 5.69 Å². The predicted molar refractivity (Wildman–Crippen MR) is 104 cm³/mol. The van der Waals surface area contributed by atoms with E-state index in [1.165, 1.54) is 0 Å². The topological polar surface area (TPSA) is 95.5 Å². The molecule has 1 unspecified atom stereocenters. The van der Waals surface area contributed by atoms with Crippen LogP contribution in [-0.2, 0) is 16.0 Å². The number of benzene rings is 2. The Morgan fingerprint density at radius 3 is 2.59 bits per heavy atom. The second-order valence-electron chi connectivity index (χ2n) is 6.32. The van der Waals surface area contributed by atoms with Gasteiger partial charge in [-0.2, -0.15) is 0 Å². The van der Waals surface area contributed by atoms with Gasteiger partial charge < -0.3 is 15.7 Å². The molecule has 1 atom stereocenters. The first kappa shape index (κ1) is 19.0. The minimum Gasteiger partial charge on any atom is -0.481 e. The third kappa shape index (κ3) is 4.68. The van der Waals surface area contributed by atoms with E-state index in [9.17, 15) is 19.5 Å². The van der Waals surface area contributed by atoms with E-state index >= 15 is 0 Å². The summed E-state index contributed by atoms with van der Waals surface area (Å²) in [6.07, 6.45) is 2.73. The highest BCUT2D eigenvalue weighted by Gasteiger charge is 2.21. The van der Waals surface area contributed by atoms with Crippen LogP contribution in [0.3, 0.4) is 0 Å². The average molecular weight is 384 g/mol. The molecule has 140 valence electrons. The van der Waals surface area contributed by atoms with E-state index in [1.807, 2.05) is 30.5 Å². The van der Waals surface area contributed by atoms with E-state index in [1.54, 1.807) is 30.0 Å². The standard InChI is InChI=1S/C20H20N2O4S/c1-27-15-6-2-12(3-7-15)17(11-19(24)25)22-20(26)14-4-8-16-13(10-14)5-9-18(23)21-16/h2-4,6-8,10,17H,5,9,11H2,1H3,(H,21,23)(H,22,26)(H,24,25). The van der Waals surface area contributed by atoms with E-state index in [0.717, 1.165) is 21.7 Å². The average Bonchev–Trinajstić information content (AvgIpc) is 2.66. The molecule has 1 heterocycles. The Labute approximate surface area is 161 Å². The molecule has 27 heavy (non-hydrogen) atoms. The number of carboxylic acids is 1. The minimum atomic E-state index is -0.984. The second-order valence-corrected chi connectivity index (χ2v) is 7.20. The van der Waals surface area contributed by atoms with E-state index < -0.39 is 12.0 Å². The van der Waals surface area contributed by atoms with Gasteiger partial charge in [0.2, 0.25) is 5.91 Å². The first-order valence-electron chi connectivity index (χ1n) is 8.55. The van der Waals surface area contributed by atoms with Crippen LogP contribution in [0.15, 0.2) is 47.4 Å². The molecule has 2 aromatic rings.